The standard InChI is InChI=1S/2C21H19NO6.2ClH.H2O/c2*1-13(23)26-12-14-6-7-19-16(10-14)11-17(21(25)28-19)20(24)27-18-5-3-2-4-15(18)8-9-22;;;/h2*2-7,10-11H,8-9,12,22H2,1H3;2*1H;1H2. The highest BCUT2D eigenvalue weighted by Gasteiger charge is 2.19. The summed E-state index contributed by atoms with van der Waals surface area (Å²) in [5, 5.41) is 1.04. The van der Waals surface area contributed by atoms with E-state index in [2.05, 4.69) is 0 Å². The Bertz CT molecular complexity index is 2360. The molecule has 0 spiro atoms. The lowest BCUT2D eigenvalue weighted by molar-refractivity contribution is -0.143. The van der Waals surface area contributed by atoms with Crippen LogP contribution in [0.3, 0.4) is 0 Å². The monoisotopic (exact) mass is 852 g/mol. The summed E-state index contributed by atoms with van der Waals surface area (Å²) in [6, 6.07) is 26.7. The fourth-order valence-corrected chi connectivity index (χ4v) is 5.42. The number of halogens is 2. The minimum atomic E-state index is -0.814. The predicted octanol–water partition coefficient (Wildman–Crippen LogP) is 5.17. The van der Waals surface area contributed by atoms with E-state index in [9.17, 15) is 28.8 Å². The Morgan fingerprint density at radius 3 is 1.29 bits per heavy atom. The van der Waals surface area contributed by atoms with Gasteiger partial charge in [0.25, 0.3) is 0 Å². The molecule has 0 atom stereocenters. The maximum absolute atomic E-state index is 12.6. The summed E-state index contributed by atoms with van der Waals surface area (Å²) >= 11 is 0. The average molecular weight is 854 g/mol. The molecule has 0 fully saturated rings. The fourth-order valence-electron chi connectivity index (χ4n) is 5.42. The second-order valence-corrected chi connectivity index (χ2v) is 12.3. The third-order valence-corrected chi connectivity index (χ3v) is 8.10. The first-order valence-corrected chi connectivity index (χ1v) is 17.4. The molecular weight excluding hydrogens is 811 g/mol. The van der Waals surface area contributed by atoms with E-state index >= 15 is 0 Å². The van der Waals surface area contributed by atoms with Crippen molar-refractivity contribution in [1.29, 1.82) is 0 Å². The Labute approximate surface area is 349 Å². The van der Waals surface area contributed by atoms with Crippen molar-refractivity contribution < 1.29 is 52.4 Å². The minimum Gasteiger partial charge on any atom is -0.461 e. The van der Waals surface area contributed by atoms with Gasteiger partial charge in [-0.25, -0.2) is 19.2 Å². The zero-order valence-corrected chi connectivity index (χ0v) is 33.5. The van der Waals surface area contributed by atoms with Gasteiger partial charge in [0.15, 0.2) is 0 Å². The number of hydrogen-bond acceptors (Lipinski definition) is 14. The molecule has 17 heteroatoms. The van der Waals surface area contributed by atoms with Crippen LogP contribution in [0.4, 0.5) is 0 Å². The van der Waals surface area contributed by atoms with Crippen LogP contribution in [0.15, 0.2) is 115 Å². The predicted molar refractivity (Wildman–Crippen MR) is 222 cm³/mol. The first-order valence-electron chi connectivity index (χ1n) is 17.4. The van der Waals surface area contributed by atoms with Crippen LogP contribution < -0.4 is 32.2 Å². The first-order chi connectivity index (χ1) is 26.9. The van der Waals surface area contributed by atoms with Crippen LogP contribution in [-0.2, 0) is 45.1 Å². The molecule has 0 bridgehead atoms. The Morgan fingerprint density at radius 2 is 0.932 bits per heavy atom. The first kappa shape index (κ1) is 48.8. The molecule has 6 N–H and O–H groups in total. The molecule has 0 aliphatic heterocycles. The van der Waals surface area contributed by atoms with Gasteiger partial charge in [-0.15, -0.1) is 24.8 Å². The third-order valence-electron chi connectivity index (χ3n) is 8.10. The SMILES string of the molecule is CC(=O)OCc1ccc2oc(=O)c(C(=O)Oc3ccccc3CCN)cc2c1.CC(=O)OCc1ccc2oc(=O)c(C(=O)Oc3ccccc3CCN)cc2c1.Cl.Cl.O. The zero-order chi connectivity index (χ0) is 40.2. The smallest absolute Gasteiger partial charge is 0.351 e. The van der Waals surface area contributed by atoms with Gasteiger partial charge in [0.1, 0.15) is 47.0 Å². The van der Waals surface area contributed by atoms with Gasteiger partial charge in [0.05, 0.1) is 0 Å². The molecule has 6 aromatic rings. The number of hydrogen-bond donors (Lipinski definition) is 2. The van der Waals surface area contributed by atoms with E-state index in [-0.39, 0.29) is 54.6 Å². The third kappa shape index (κ3) is 13.3. The van der Waals surface area contributed by atoms with E-state index in [1.807, 2.05) is 12.1 Å². The van der Waals surface area contributed by atoms with Crippen LogP contribution in [0.25, 0.3) is 21.9 Å². The van der Waals surface area contributed by atoms with Gasteiger partial charge >= 0.3 is 35.1 Å². The highest BCUT2D eigenvalue weighted by Crippen LogP contribution is 2.23. The second kappa shape index (κ2) is 23.1. The van der Waals surface area contributed by atoms with Gasteiger partial charge in [0, 0.05) is 24.6 Å². The van der Waals surface area contributed by atoms with Gasteiger partial charge in [-0.3, -0.25) is 9.59 Å². The highest BCUT2D eigenvalue weighted by molar-refractivity contribution is 5.95. The van der Waals surface area contributed by atoms with Crippen LogP contribution in [0.5, 0.6) is 11.5 Å². The lowest BCUT2D eigenvalue weighted by Crippen LogP contribution is -2.19. The molecule has 59 heavy (non-hydrogen) atoms. The highest BCUT2D eigenvalue weighted by atomic mass is 35.5. The van der Waals surface area contributed by atoms with Crippen LogP contribution in [-0.4, -0.2) is 42.4 Å². The van der Waals surface area contributed by atoms with Crippen molar-refractivity contribution in [2.24, 2.45) is 11.5 Å². The van der Waals surface area contributed by atoms with Crippen LogP contribution in [0.1, 0.15) is 56.8 Å². The van der Waals surface area contributed by atoms with E-state index in [0.29, 0.717) is 70.5 Å². The maximum Gasteiger partial charge on any atom is 0.351 e. The van der Waals surface area contributed by atoms with Crippen molar-refractivity contribution in [2.45, 2.75) is 39.9 Å². The average Bonchev–Trinajstić information content (AvgIpc) is 3.17. The van der Waals surface area contributed by atoms with Crippen molar-refractivity contribution in [3.05, 3.63) is 151 Å². The van der Waals surface area contributed by atoms with E-state index in [0.717, 1.165) is 11.1 Å². The normalized spacial score (nSPS) is 10.1. The van der Waals surface area contributed by atoms with E-state index in [1.165, 1.54) is 26.0 Å². The van der Waals surface area contributed by atoms with Crippen molar-refractivity contribution in [3.63, 3.8) is 0 Å². The minimum absolute atomic E-state index is 0. The van der Waals surface area contributed by atoms with Crippen LogP contribution >= 0.6 is 24.8 Å². The molecule has 0 saturated heterocycles. The Balaban J connectivity index is 0.000000387. The topological polar surface area (TPSA) is 249 Å². The summed E-state index contributed by atoms with van der Waals surface area (Å²) < 4.78 is 31.2. The Kier molecular flexibility index (Phi) is 19.1. The largest absolute Gasteiger partial charge is 0.461 e. The number of carbonyl (C=O) groups excluding carboxylic acids is 4. The molecule has 6 rings (SSSR count). The van der Waals surface area contributed by atoms with E-state index in [4.69, 9.17) is 39.2 Å². The fraction of sp³-hybridized carbons (Fsp3) is 0.190. The maximum atomic E-state index is 12.6. The molecule has 0 radical (unpaired) electrons. The molecule has 0 saturated carbocycles. The number of nitrogens with two attached hydrogens (primary N) is 2. The Hall–Kier alpha value is -6.36. The molecular formula is C42H42Cl2N2O13. The molecule has 2 aromatic heterocycles. The van der Waals surface area contributed by atoms with E-state index < -0.39 is 35.1 Å². The molecule has 0 unspecified atom stereocenters. The molecule has 312 valence electrons. The summed E-state index contributed by atoms with van der Waals surface area (Å²) in [5.41, 5.74) is 12.7. The lowest BCUT2D eigenvalue weighted by atomic mass is 10.1. The molecule has 0 amide bonds. The number of benzene rings is 4. The molecule has 2 heterocycles. The number of para-hydroxylation sites is 2. The van der Waals surface area contributed by atoms with Crippen molar-refractivity contribution in [3.8, 4) is 11.5 Å². The van der Waals surface area contributed by atoms with Crippen molar-refractivity contribution >= 4 is 70.6 Å². The van der Waals surface area contributed by atoms with Crippen molar-refractivity contribution in [2.75, 3.05) is 13.1 Å². The Morgan fingerprint density at radius 1 is 0.559 bits per heavy atom. The van der Waals surface area contributed by atoms with Gasteiger partial charge in [-0.1, -0.05) is 48.5 Å². The number of fused-ring (bicyclic) bond motifs is 2. The number of rotatable bonds is 12. The number of esters is 4. The molecule has 0 aliphatic rings. The van der Waals surface area contributed by atoms with Crippen molar-refractivity contribution in [1.82, 2.24) is 0 Å². The number of carbonyl (C=O) groups is 4. The summed E-state index contributed by atoms with van der Waals surface area (Å²) in [4.78, 5) is 71.5. The molecule has 0 aliphatic carbocycles. The van der Waals surface area contributed by atoms with Gasteiger partial charge in [-0.05, 0) is 96.7 Å². The van der Waals surface area contributed by atoms with Crippen LogP contribution in [0.2, 0.25) is 0 Å². The number of ether oxygens (including phenoxy) is 4. The summed E-state index contributed by atoms with van der Waals surface area (Å²) in [6.45, 7) is 3.59. The molecule has 15 nitrogen and oxygen atoms in total. The van der Waals surface area contributed by atoms with Gasteiger partial charge in [0.2, 0.25) is 0 Å². The summed E-state index contributed by atoms with van der Waals surface area (Å²) in [5.74, 6) is -1.74. The lowest BCUT2D eigenvalue weighted by Gasteiger charge is -2.09. The summed E-state index contributed by atoms with van der Waals surface area (Å²) in [6.07, 6.45) is 1.07. The van der Waals surface area contributed by atoms with Gasteiger partial charge < -0.3 is 44.7 Å². The van der Waals surface area contributed by atoms with Crippen LogP contribution in [0, 0.1) is 0 Å². The van der Waals surface area contributed by atoms with E-state index in [1.54, 1.807) is 72.8 Å². The summed E-state index contributed by atoms with van der Waals surface area (Å²) in [7, 11) is 0. The second-order valence-electron chi connectivity index (χ2n) is 12.3. The molecule has 4 aromatic carbocycles. The quantitative estimate of drug-likeness (QED) is 0.0916. The zero-order valence-electron chi connectivity index (χ0n) is 31.9. The van der Waals surface area contributed by atoms with Gasteiger partial charge in [-0.2, -0.15) is 0 Å².